The van der Waals surface area contributed by atoms with Gasteiger partial charge in [0.15, 0.2) is 5.96 Å². The van der Waals surface area contributed by atoms with Crippen LogP contribution in [0.2, 0.25) is 10.0 Å². The molecule has 0 spiro atoms. The van der Waals surface area contributed by atoms with Gasteiger partial charge >= 0.3 is 6.61 Å². The SMILES string of the molecule is CCNC(=NCc1cc(Cl)cc(Cl)c1OC(F)F)NCC1(CO)CCOCC1. The van der Waals surface area contributed by atoms with Crippen LogP contribution in [-0.2, 0) is 11.3 Å². The minimum atomic E-state index is -3.01. The van der Waals surface area contributed by atoms with Crippen molar-refractivity contribution in [3.8, 4) is 5.75 Å². The van der Waals surface area contributed by atoms with Crippen molar-refractivity contribution in [3.05, 3.63) is 27.7 Å². The van der Waals surface area contributed by atoms with Gasteiger partial charge in [0.1, 0.15) is 5.75 Å². The summed E-state index contributed by atoms with van der Waals surface area (Å²) in [5.74, 6) is 0.345. The van der Waals surface area contributed by atoms with Crippen LogP contribution in [0.25, 0.3) is 0 Å². The average Bonchev–Trinajstić information content (AvgIpc) is 2.67. The Morgan fingerprint density at radius 1 is 1.32 bits per heavy atom. The molecule has 3 N–H and O–H groups in total. The van der Waals surface area contributed by atoms with Gasteiger partial charge in [0.05, 0.1) is 18.2 Å². The minimum absolute atomic E-state index is 0.00241. The van der Waals surface area contributed by atoms with Crippen molar-refractivity contribution >= 4 is 29.2 Å². The molecule has 1 aromatic carbocycles. The van der Waals surface area contributed by atoms with Gasteiger partial charge in [-0.2, -0.15) is 8.78 Å². The van der Waals surface area contributed by atoms with Gasteiger partial charge in [-0.25, -0.2) is 4.99 Å². The van der Waals surface area contributed by atoms with E-state index in [9.17, 15) is 13.9 Å². The van der Waals surface area contributed by atoms with E-state index in [1.165, 1.54) is 12.1 Å². The molecule has 1 aromatic rings. The summed E-state index contributed by atoms with van der Waals surface area (Å²) in [7, 11) is 0. The van der Waals surface area contributed by atoms with E-state index in [0.29, 0.717) is 42.8 Å². The van der Waals surface area contributed by atoms with Crippen LogP contribution >= 0.6 is 23.2 Å². The molecule has 0 radical (unpaired) electrons. The van der Waals surface area contributed by atoms with E-state index in [-0.39, 0.29) is 29.3 Å². The molecule has 6 nitrogen and oxygen atoms in total. The van der Waals surface area contributed by atoms with Crippen molar-refractivity contribution in [2.75, 3.05) is 32.9 Å². The number of benzene rings is 1. The second kappa shape index (κ2) is 11.0. The highest BCUT2D eigenvalue weighted by Gasteiger charge is 2.32. The summed E-state index contributed by atoms with van der Waals surface area (Å²) >= 11 is 12.0. The number of alkyl halides is 2. The predicted molar refractivity (Wildman–Crippen MR) is 105 cm³/mol. The van der Waals surface area contributed by atoms with Crippen molar-refractivity contribution in [3.63, 3.8) is 0 Å². The number of halogens is 4. The van der Waals surface area contributed by atoms with Gasteiger partial charge in [-0.3, -0.25) is 0 Å². The average molecular weight is 440 g/mol. The fourth-order valence-electron chi connectivity index (χ4n) is 2.92. The van der Waals surface area contributed by atoms with Gasteiger partial charge in [0, 0.05) is 42.3 Å². The topological polar surface area (TPSA) is 75.1 Å². The first-order valence-corrected chi connectivity index (χ1v) is 9.78. The van der Waals surface area contributed by atoms with Crippen LogP contribution in [-0.4, -0.2) is 50.6 Å². The van der Waals surface area contributed by atoms with Crippen molar-refractivity contribution in [2.24, 2.45) is 10.4 Å². The van der Waals surface area contributed by atoms with Crippen LogP contribution in [0.15, 0.2) is 17.1 Å². The number of aliphatic imine (C=N–C) groups is 1. The van der Waals surface area contributed by atoms with E-state index < -0.39 is 6.61 Å². The van der Waals surface area contributed by atoms with Crippen molar-refractivity contribution in [1.29, 1.82) is 0 Å². The number of aliphatic hydroxyl groups is 1. The van der Waals surface area contributed by atoms with Gasteiger partial charge < -0.3 is 25.2 Å². The monoisotopic (exact) mass is 439 g/mol. The van der Waals surface area contributed by atoms with Gasteiger partial charge in [0.2, 0.25) is 0 Å². The highest BCUT2D eigenvalue weighted by Crippen LogP contribution is 2.34. The standard InChI is InChI=1S/C18H25Cl2F2N3O3/c1-2-23-17(25-10-18(11-26)3-5-27-6-4-18)24-9-12-7-13(19)8-14(20)15(12)28-16(21)22/h7-8,16,26H,2-6,9-11H2,1H3,(H2,23,24,25). The van der Waals surface area contributed by atoms with E-state index in [1.54, 1.807) is 0 Å². The largest absolute Gasteiger partial charge is 0.433 e. The molecule has 0 unspecified atom stereocenters. The summed E-state index contributed by atoms with van der Waals surface area (Å²) in [6.07, 6.45) is 1.48. The predicted octanol–water partition coefficient (Wildman–Crippen LogP) is 3.44. The number of hydrogen-bond donors (Lipinski definition) is 3. The van der Waals surface area contributed by atoms with Gasteiger partial charge in [-0.1, -0.05) is 23.2 Å². The van der Waals surface area contributed by atoms with Crippen LogP contribution in [0.3, 0.4) is 0 Å². The zero-order chi connectivity index (χ0) is 20.6. The molecule has 28 heavy (non-hydrogen) atoms. The second-order valence-electron chi connectivity index (χ2n) is 6.57. The number of hydrogen-bond acceptors (Lipinski definition) is 4. The highest BCUT2D eigenvalue weighted by atomic mass is 35.5. The molecule has 2 rings (SSSR count). The van der Waals surface area contributed by atoms with Gasteiger partial charge in [0.25, 0.3) is 0 Å². The quantitative estimate of drug-likeness (QED) is 0.427. The first kappa shape index (κ1) is 22.9. The van der Waals surface area contributed by atoms with Crippen LogP contribution in [0, 0.1) is 5.41 Å². The van der Waals surface area contributed by atoms with E-state index in [4.69, 9.17) is 27.9 Å². The van der Waals surface area contributed by atoms with Gasteiger partial charge in [-0.15, -0.1) is 0 Å². The lowest BCUT2D eigenvalue weighted by atomic mass is 9.81. The highest BCUT2D eigenvalue weighted by molar-refractivity contribution is 6.35. The molecule has 1 aliphatic heterocycles. The third-order valence-electron chi connectivity index (χ3n) is 4.56. The van der Waals surface area contributed by atoms with Crippen LogP contribution in [0.5, 0.6) is 5.75 Å². The zero-order valence-electron chi connectivity index (χ0n) is 15.6. The number of nitrogens with zero attached hydrogens (tertiary/aromatic N) is 1. The summed E-state index contributed by atoms with van der Waals surface area (Å²) in [5.41, 5.74) is 0.0653. The van der Waals surface area contributed by atoms with Crippen LogP contribution < -0.4 is 15.4 Å². The Balaban J connectivity index is 2.13. The molecule has 1 aliphatic rings. The molecule has 1 fully saturated rings. The van der Waals surface area contributed by atoms with E-state index in [1.807, 2.05) is 6.92 Å². The Morgan fingerprint density at radius 2 is 2.04 bits per heavy atom. The minimum Gasteiger partial charge on any atom is -0.433 e. The molecule has 0 bridgehead atoms. The molecule has 0 amide bonds. The number of rotatable bonds is 8. The number of aliphatic hydroxyl groups excluding tert-OH is 1. The Bertz CT molecular complexity index is 672. The number of guanidine groups is 1. The summed E-state index contributed by atoms with van der Waals surface area (Å²) in [6, 6.07) is 2.83. The Hall–Kier alpha value is -1.35. The zero-order valence-corrected chi connectivity index (χ0v) is 17.1. The Morgan fingerprint density at radius 3 is 2.64 bits per heavy atom. The maximum Gasteiger partial charge on any atom is 0.387 e. The Labute approximate surface area is 173 Å². The van der Waals surface area contributed by atoms with Crippen LogP contribution in [0.4, 0.5) is 8.78 Å². The number of ether oxygens (including phenoxy) is 2. The smallest absolute Gasteiger partial charge is 0.387 e. The van der Waals surface area contributed by atoms with Crippen LogP contribution in [0.1, 0.15) is 25.3 Å². The number of nitrogens with one attached hydrogen (secondary N) is 2. The molecular weight excluding hydrogens is 415 g/mol. The summed E-state index contributed by atoms with van der Waals surface area (Å²) < 4.78 is 35.3. The first-order chi connectivity index (χ1) is 13.4. The molecular formula is C18H25Cl2F2N3O3. The van der Waals surface area contributed by atoms with E-state index >= 15 is 0 Å². The molecule has 0 aromatic heterocycles. The summed E-state index contributed by atoms with van der Waals surface area (Å²) in [6.45, 7) is 1.30. The lowest BCUT2D eigenvalue weighted by Gasteiger charge is -2.36. The van der Waals surface area contributed by atoms with E-state index in [2.05, 4.69) is 20.4 Å². The normalized spacial score (nSPS) is 16.9. The lowest BCUT2D eigenvalue weighted by Crippen LogP contribution is -2.47. The maximum atomic E-state index is 12.7. The van der Waals surface area contributed by atoms with E-state index in [0.717, 1.165) is 12.8 Å². The fraction of sp³-hybridized carbons (Fsp3) is 0.611. The molecule has 1 saturated heterocycles. The first-order valence-electron chi connectivity index (χ1n) is 9.02. The molecule has 0 atom stereocenters. The molecule has 10 heteroatoms. The summed E-state index contributed by atoms with van der Waals surface area (Å²) in [5, 5.41) is 16.4. The molecule has 158 valence electrons. The van der Waals surface area contributed by atoms with Gasteiger partial charge in [-0.05, 0) is 31.9 Å². The molecule has 1 heterocycles. The van der Waals surface area contributed by atoms with Crippen molar-refractivity contribution < 1.29 is 23.4 Å². The van der Waals surface area contributed by atoms with Crippen molar-refractivity contribution in [1.82, 2.24) is 10.6 Å². The Kier molecular flexibility index (Phi) is 9.01. The third-order valence-corrected chi connectivity index (χ3v) is 5.06. The van der Waals surface area contributed by atoms with Crippen molar-refractivity contribution in [2.45, 2.75) is 32.9 Å². The molecule has 0 saturated carbocycles. The molecule has 0 aliphatic carbocycles. The fourth-order valence-corrected chi connectivity index (χ4v) is 3.50. The lowest BCUT2D eigenvalue weighted by molar-refractivity contribution is -0.0503. The summed E-state index contributed by atoms with van der Waals surface area (Å²) in [4.78, 5) is 4.42. The maximum absolute atomic E-state index is 12.7. The third kappa shape index (κ3) is 6.62. The second-order valence-corrected chi connectivity index (χ2v) is 7.42.